The highest BCUT2D eigenvalue weighted by molar-refractivity contribution is 6.06. The van der Waals surface area contributed by atoms with Gasteiger partial charge in [0.25, 0.3) is 18.2 Å². The molecule has 3 N–H and O–H groups in total. The lowest BCUT2D eigenvalue weighted by Crippen LogP contribution is -2.46. The van der Waals surface area contributed by atoms with Crippen LogP contribution >= 0.6 is 0 Å². The monoisotopic (exact) mass is 867 g/mol. The van der Waals surface area contributed by atoms with Crippen molar-refractivity contribution in [3.8, 4) is 11.5 Å². The second kappa shape index (κ2) is 17.5. The number of carbonyl (C=O) groups excluding carboxylic acids is 4. The number of oxazole rings is 1. The summed E-state index contributed by atoms with van der Waals surface area (Å²) in [5, 5.41) is 12.4. The second-order valence-corrected chi connectivity index (χ2v) is 17.4. The number of nitrogens with one attached hydrogen (secondary N) is 3. The molecule has 4 aromatic heterocycles. The quantitative estimate of drug-likeness (QED) is 0.126. The first-order chi connectivity index (χ1) is 30.4. The van der Waals surface area contributed by atoms with Gasteiger partial charge < -0.3 is 24.9 Å². The highest BCUT2D eigenvalue weighted by Crippen LogP contribution is 2.36. The van der Waals surface area contributed by atoms with E-state index in [1.54, 1.807) is 48.3 Å². The molecule has 2 aliphatic heterocycles. The molecule has 17 nitrogen and oxygen atoms in total. The number of amides is 4. The average molecular weight is 868 g/mol. The molecule has 19 heteroatoms. The van der Waals surface area contributed by atoms with Gasteiger partial charge in [-0.2, -0.15) is 5.10 Å². The number of fused-ring (bicyclic) bond motifs is 1. The van der Waals surface area contributed by atoms with Crippen LogP contribution < -0.4 is 21.6 Å². The Labute approximate surface area is 361 Å². The van der Waals surface area contributed by atoms with Gasteiger partial charge in [-0.25, -0.2) is 23.5 Å². The minimum Gasteiger partial charge on any atom is -0.444 e. The van der Waals surface area contributed by atoms with Gasteiger partial charge >= 0.3 is 5.69 Å². The van der Waals surface area contributed by atoms with Crippen molar-refractivity contribution in [2.75, 3.05) is 43.9 Å². The molecule has 1 atom stereocenters. The van der Waals surface area contributed by atoms with Gasteiger partial charge in [0, 0.05) is 63.6 Å². The van der Waals surface area contributed by atoms with Crippen molar-refractivity contribution in [3.05, 3.63) is 76.4 Å². The zero-order valence-electron chi connectivity index (χ0n) is 35.3. The summed E-state index contributed by atoms with van der Waals surface area (Å²) in [6.45, 7) is 2.79. The number of para-hydroxylation sites is 1. The molecule has 2 aliphatic carbocycles. The number of anilines is 2. The number of aromatic nitrogens is 6. The number of halogens is 2. The van der Waals surface area contributed by atoms with E-state index < -0.39 is 35.7 Å². The second-order valence-electron chi connectivity index (χ2n) is 17.4. The molecule has 1 aromatic carbocycles. The number of hydrogen-bond acceptors (Lipinski definition) is 11. The number of benzene rings is 1. The maximum absolute atomic E-state index is 14.2. The fourth-order valence-corrected chi connectivity index (χ4v) is 9.45. The first-order valence-electron chi connectivity index (χ1n) is 21.8. The average Bonchev–Trinajstić information content (AvgIpc) is 3.69. The molecule has 2 saturated heterocycles. The Morgan fingerprint density at radius 3 is 2.49 bits per heavy atom. The topological polar surface area (TPSA) is 195 Å². The third-order valence-electron chi connectivity index (χ3n) is 13.2. The van der Waals surface area contributed by atoms with Crippen LogP contribution in [-0.4, -0.2) is 102 Å². The van der Waals surface area contributed by atoms with Gasteiger partial charge in [-0.15, -0.1) is 0 Å². The number of carbonyl (C=O) groups is 4. The Bertz CT molecular complexity index is 2600. The maximum atomic E-state index is 14.2. The highest BCUT2D eigenvalue weighted by atomic mass is 19.3. The van der Waals surface area contributed by atoms with Crippen LogP contribution in [0.3, 0.4) is 0 Å². The van der Waals surface area contributed by atoms with Gasteiger partial charge in [-0.05, 0) is 101 Å². The fraction of sp³-hybridized carbons (Fsp3) is 0.500. The highest BCUT2D eigenvalue weighted by Gasteiger charge is 2.35. The van der Waals surface area contributed by atoms with Crippen molar-refractivity contribution in [3.63, 3.8) is 0 Å². The van der Waals surface area contributed by atoms with Crippen molar-refractivity contribution < 1.29 is 32.4 Å². The molecule has 4 aliphatic rings. The molecule has 5 aromatic rings. The number of imidazole rings is 1. The summed E-state index contributed by atoms with van der Waals surface area (Å²) >= 11 is 0. The molecular weight excluding hydrogens is 817 g/mol. The minimum absolute atomic E-state index is 0.0471. The predicted octanol–water partition coefficient (Wildman–Crippen LogP) is 5.54. The number of imide groups is 1. The smallest absolute Gasteiger partial charge is 0.329 e. The Morgan fingerprint density at radius 2 is 1.76 bits per heavy atom. The molecule has 0 spiro atoms. The molecule has 4 amide bonds. The van der Waals surface area contributed by atoms with Crippen LogP contribution in [0.2, 0.25) is 0 Å². The zero-order chi connectivity index (χ0) is 43.9. The van der Waals surface area contributed by atoms with Crippen LogP contribution in [0.25, 0.3) is 22.5 Å². The van der Waals surface area contributed by atoms with Crippen LogP contribution in [0.1, 0.15) is 109 Å². The first-order valence-corrected chi connectivity index (χ1v) is 21.8. The number of rotatable bonds is 13. The third-order valence-corrected chi connectivity index (χ3v) is 13.2. The number of alkyl halides is 2. The molecule has 332 valence electrons. The lowest BCUT2D eigenvalue weighted by Gasteiger charge is -2.39. The summed E-state index contributed by atoms with van der Waals surface area (Å²) in [6, 6.07) is 8.00. The zero-order valence-corrected chi connectivity index (χ0v) is 35.3. The summed E-state index contributed by atoms with van der Waals surface area (Å²) in [7, 11) is 3.70. The van der Waals surface area contributed by atoms with Crippen LogP contribution in [-0.2, 0) is 16.6 Å². The van der Waals surface area contributed by atoms with Gasteiger partial charge in [0.1, 0.15) is 18.1 Å². The molecule has 63 heavy (non-hydrogen) atoms. The summed E-state index contributed by atoms with van der Waals surface area (Å²) in [6.07, 6.45) is 8.99. The van der Waals surface area contributed by atoms with E-state index in [4.69, 9.17) is 4.42 Å². The fourth-order valence-electron chi connectivity index (χ4n) is 9.45. The molecule has 1 unspecified atom stereocenters. The van der Waals surface area contributed by atoms with Gasteiger partial charge in [-0.3, -0.25) is 38.3 Å². The van der Waals surface area contributed by atoms with Gasteiger partial charge in [0.15, 0.2) is 11.4 Å². The Kier molecular flexibility index (Phi) is 11.7. The summed E-state index contributed by atoms with van der Waals surface area (Å²) in [4.78, 5) is 77.9. The normalized spacial score (nSPS) is 21.0. The Morgan fingerprint density at radius 1 is 1.00 bits per heavy atom. The number of likely N-dealkylation sites (tertiary alicyclic amines) is 1. The third kappa shape index (κ3) is 8.74. The van der Waals surface area contributed by atoms with E-state index in [9.17, 15) is 32.8 Å². The van der Waals surface area contributed by atoms with E-state index >= 15 is 0 Å². The number of pyridine rings is 1. The van der Waals surface area contributed by atoms with Crippen LogP contribution in [0.5, 0.6) is 0 Å². The van der Waals surface area contributed by atoms with Gasteiger partial charge in [-0.1, -0.05) is 6.07 Å². The van der Waals surface area contributed by atoms with Gasteiger partial charge in [0.05, 0.1) is 28.3 Å². The molecule has 9 rings (SSSR count). The van der Waals surface area contributed by atoms with E-state index in [1.807, 2.05) is 4.90 Å². The van der Waals surface area contributed by atoms with E-state index in [-0.39, 0.29) is 54.0 Å². The molecular formula is C44H51F2N11O6. The van der Waals surface area contributed by atoms with Crippen LogP contribution in [0.4, 0.5) is 20.3 Å². The molecule has 6 heterocycles. The lowest BCUT2D eigenvalue weighted by molar-refractivity contribution is -0.135. The van der Waals surface area contributed by atoms with Crippen molar-refractivity contribution in [2.45, 2.75) is 88.8 Å². The Balaban J connectivity index is 0.771. The molecule has 2 saturated carbocycles. The van der Waals surface area contributed by atoms with E-state index in [0.717, 1.165) is 51.6 Å². The number of nitrogens with zero attached hydrogens (tertiary/aromatic N) is 8. The number of piperidine rings is 2. The van der Waals surface area contributed by atoms with Crippen molar-refractivity contribution in [2.24, 2.45) is 18.9 Å². The largest absolute Gasteiger partial charge is 0.444 e. The number of aryl methyl sites for hydroxylation is 1. The van der Waals surface area contributed by atoms with Crippen molar-refractivity contribution in [1.29, 1.82) is 0 Å². The lowest BCUT2D eigenvalue weighted by atomic mass is 9.85. The predicted molar refractivity (Wildman–Crippen MR) is 227 cm³/mol. The van der Waals surface area contributed by atoms with E-state index in [1.165, 1.54) is 34.4 Å². The van der Waals surface area contributed by atoms with E-state index in [2.05, 4.69) is 43.0 Å². The van der Waals surface area contributed by atoms with Crippen molar-refractivity contribution in [1.82, 2.24) is 44.0 Å². The molecule has 0 bridgehead atoms. The van der Waals surface area contributed by atoms with Crippen LogP contribution in [0.15, 0.2) is 58.2 Å². The van der Waals surface area contributed by atoms with Crippen LogP contribution in [0, 0.1) is 11.8 Å². The maximum Gasteiger partial charge on any atom is 0.329 e. The molecule has 4 fully saturated rings. The summed E-state index contributed by atoms with van der Waals surface area (Å²) in [5.74, 6) is 0.201. The standard InChI is InChI=1S/C44H51F2N11O6/c1-53(28-15-18-55(19-16-28)43(61)30-4-3-5-33-38(30)54(2)44(62)57(33)34-12-13-36(58)51-41(34)60)22-26-8-10-29(11-9-26)56-23-31(37(52-56)39(45)46)49-40(59)32-24-63-42(50-32)27-14-17-47-35(20-27)48-21-25-6-7-25/h3-5,14,17,20,23-26,28-29,34,39H,6-13,15-16,18-19,21-22H2,1-2H3,(H,47,48)(H,49,59)(H,51,58,60). The first kappa shape index (κ1) is 42.1. The SMILES string of the molecule is CN(CC1CCC(n2cc(NC(=O)c3coc(-c4ccnc(NCC5CC5)c4)n3)c(C(F)F)n2)CC1)C1CCN(C(=O)c2cccc3c2n(C)c(=O)n3C2CCC(=O)NC2=O)CC1. The van der Waals surface area contributed by atoms with E-state index in [0.29, 0.717) is 52.9 Å². The molecule has 0 radical (unpaired) electrons. The summed E-state index contributed by atoms with van der Waals surface area (Å²) < 4.78 is 38.4. The van der Waals surface area contributed by atoms with Crippen molar-refractivity contribution >= 4 is 46.2 Å². The Hall–Kier alpha value is -6.24. The number of hydrogen-bond donors (Lipinski definition) is 3. The van der Waals surface area contributed by atoms with Gasteiger partial charge in [0.2, 0.25) is 17.7 Å². The minimum atomic E-state index is -2.89. The summed E-state index contributed by atoms with van der Waals surface area (Å²) in [5.41, 5.74) is 0.937.